The van der Waals surface area contributed by atoms with E-state index < -0.39 is 11.7 Å². The standard InChI is InChI=1S/C21H26N2O4/c1-6-26-19(24)17-13(2)23(22-20(25)27-21(3,4)5)16-12-11-14-9-7-8-10-15(14)18(16)17/h7-10H,6,11-12H2,1-5H3,(H,22,25). The second-order valence-electron chi connectivity index (χ2n) is 7.61. The van der Waals surface area contributed by atoms with Crippen LogP contribution in [0.2, 0.25) is 0 Å². The molecule has 2 aromatic rings. The van der Waals surface area contributed by atoms with Crippen molar-refractivity contribution in [2.45, 2.75) is 53.1 Å². The van der Waals surface area contributed by atoms with Crippen LogP contribution in [0.5, 0.6) is 0 Å². The molecule has 1 N–H and O–H groups in total. The van der Waals surface area contributed by atoms with Gasteiger partial charge in [-0.2, -0.15) is 0 Å². The maximum atomic E-state index is 12.7. The van der Waals surface area contributed by atoms with Gasteiger partial charge in [-0.25, -0.2) is 15.0 Å². The predicted molar refractivity (Wildman–Crippen MR) is 104 cm³/mol. The molecule has 0 atom stereocenters. The normalized spacial score (nSPS) is 12.8. The van der Waals surface area contributed by atoms with Crippen molar-refractivity contribution in [3.05, 3.63) is 46.8 Å². The fraction of sp³-hybridized carbons (Fsp3) is 0.429. The number of hydrogen-bond donors (Lipinski definition) is 1. The van der Waals surface area contributed by atoms with Crippen LogP contribution >= 0.6 is 0 Å². The quantitative estimate of drug-likeness (QED) is 0.822. The fourth-order valence-electron chi connectivity index (χ4n) is 3.51. The predicted octanol–water partition coefficient (Wildman–Crippen LogP) is 4.22. The Morgan fingerprint density at radius 2 is 1.89 bits per heavy atom. The van der Waals surface area contributed by atoms with E-state index in [1.165, 1.54) is 5.56 Å². The number of benzene rings is 1. The minimum absolute atomic E-state index is 0.291. The van der Waals surface area contributed by atoms with E-state index in [4.69, 9.17) is 9.47 Å². The summed E-state index contributed by atoms with van der Waals surface area (Å²) in [5.41, 5.74) is 7.24. The minimum atomic E-state index is -0.609. The third kappa shape index (κ3) is 3.70. The molecular weight excluding hydrogens is 344 g/mol. The molecule has 27 heavy (non-hydrogen) atoms. The Hall–Kier alpha value is -2.76. The van der Waals surface area contributed by atoms with Crippen LogP contribution < -0.4 is 5.43 Å². The number of aryl methyl sites for hydroxylation is 1. The van der Waals surface area contributed by atoms with Crippen LogP contribution in [0.25, 0.3) is 11.1 Å². The molecule has 0 unspecified atom stereocenters. The second-order valence-corrected chi connectivity index (χ2v) is 7.61. The molecule has 0 saturated heterocycles. The van der Waals surface area contributed by atoms with Crippen LogP contribution in [0, 0.1) is 6.92 Å². The van der Waals surface area contributed by atoms with Crippen LogP contribution in [-0.4, -0.2) is 28.9 Å². The van der Waals surface area contributed by atoms with Gasteiger partial charge in [0.2, 0.25) is 0 Å². The lowest BCUT2D eigenvalue weighted by molar-refractivity contribution is 0.0523. The molecule has 6 heteroatoms. The zero-order valence-corrected chi connectivity index (χ0v) is 16.5. The Bertz CT molecular complexity index is 890. The second kappa shape index (κ2) is 7.10. The Kier molecular flexibility index (Phi) is 5.00. The van der Waals surface area contributed by atoms with Gasteiger partial charge in [-0.1, -0.05) is 24.3 Å². The van der Waals surface area contributed by atoms with Crippen molar-refractivity contribution in [1.29, 1.82) is 0 Å². The molecule has 1 aromatic heterocycles. The number of carbonyl (C=O) groups excluding carboxylic acids is 2. The van der Waals surface area contributed by atoms with Gasteiger partial charge in [0.25, 0.3) is 0 Å². The Morgan fingerprint density at radius 3 is 2.56 bits per heavy atom. The maximum absolute atomic E-state index is 12.7. The van der Waals surface area contributed by atoms with Gasteiger partial charge in [0.1, 0.15) is 5.60 Å². The van der Waals surface area contributed by atoms with Crippen molar-refractivity contribution in [3.63, 3.8) is 0 Å². The van der Waals surface area contributed by atoms with Gasteiger partial charge >= 0.3 is 12.1 Å². The van der Waals surface area contributed by atoms with Crippen molar-refractivity contribution in [2.75, 3.05) is 12.0 Å². The first-order valence-electron chi connectivity index (χ1n) is 9.22. The van der Waals surface area contributed by atoms with Crippen LogP contribution in [0.15, 0.2) is 24.3 Å². The monoisotopic (exact) mass is 370 g/mol. The molecule has 6 nitrogen and oxygen atoms in total. The Morgan fingerprint density at radius 1 is 1.19 bits per heavy atom. The molecule has 0 aliphatic heterocycles. The molecular formula is C21H26N2O4. The lowest BCUT2D eigenvalue weighted by atomic mass is 9.87. The molecule has 1 aromatic carbocycles. The van der Waals surface area contributed by atoms with Gasteiger partial charge in [0.15, 0.2) is 0 Å². The molecule has 0 spiro atoms. The van der Waals surface area contributed by atoms with Crippen molar-refractivity contribution in [1.82, 2.24) is 4.68 Å². The molecule has 0 bridgehead atoms. The summed E-state index contributed by atoms with van der Waals surface area (Å²) in [5, 5.41) is 0. The third-order valence-corrected chi connectivity index (χ3v) is 4.51. The SMILES string of the molecule is CCOC(=O)c1c2c(n(NC(=O)OC(C)(C)C)c1C)CCc1ccccc1-2. The lowest BCUT2D eigenvalue weighted by Gasteiger charge is -2.23. The number of nitrogens with one attached hydrogen (secondary N) is 1. The smallest absolute Gasteiger partial charge is 0.426 e. The largest absolute Gasteiger partial charge is 0.462 e. The van der Waals surface area contributed by atoms with Crippen LogP contribution in [0.4, 0.5) is 4.79 Å². The van der Waals surface area contributed by atoms with Crippen molar-refractivity contribution < 1.29 is 19.1 Å². The van der Waals surface area contributed by atoms with E-state index in [0.717, 1.165) is 23.2 Å². The fourth-order valence-corrected chi connectivity index (χ4v) is 3.51. The molecule has 0 saturated carbocycles. The summed E-state index contributed by atoms with van der Waals surface area (Å²) >= 11 is 0. The van der Waals surface area contributed by atoms with Crippen LogP contribution in [0.3, 0.4) is 0 Å². The summed E-state index contributed by atoms with van der Waals surface area (Å²) in [6, 6.07) is 8.03. The average molecular weight is 370 g/mol. The minimum Gasteiger partial charge on any atom is -0.462 e. The molecule has 1 aliphatic rings. The number of carbonyl (C=O) groups is 2. The Balaban J connectivity index is 2.12. The zero-order valence-electron chi connectivity index (χ0n) is 16.5. The number of rotatable bonds is 3. The third-order valence-electron chi connectivity index (χ3n) is 4.51. The van der Waals surface area contributed by atoms with Gasteiger partial charge in [0, 0.05) is 11.3 Å². The molecule has 144 valence electrons. The number of esters is 1. The van der Waals surface area contributed by atoms with Gasteiger partial charge in [-0.05, 0) is 58.6 Å². The summed E-state index contributed by atoms with van der Waals surface area (Å²) in [4.78, 5) is 25.0. The molecule has 3 rings (SSSR count). The highest BCUT2D eigenvalue weighted by atomic mass is 16.6. The topological polar surface area (TPSA) is 69.6 Å². The molecule has 0 radical (unpaired) electrons. The highest BCUT2D eigenvalue weighted by Crippen LogP contribution is 2.39. The van der Waals surface area contributed by atoms with Gasteiger partial charge < -0.3 is 9.47 Å². The average Bonchev–Trinajstić information content (AvgIpc) is 2.86. The highest BCUT2D eigenvalue weighted by Gasteiger charge is 2.31. The van der Waals surface area contributed by atoms with Crippen LogP contribution in [0.1, 0.15) is 55.0 Å². The van der Waals surface area contributed by atoms with Crippen LogP contribution in [-0.2, 0) is 22.3 Å². The van der Waals surface area contributed by atoms with E-state index in [0.29, 0.717) is 24.3 Å². The van der Waals surface area contributed by atoms with Gasteiger partial charge in [0.05, 0.1) is 17.9 Å². The van der Waals surface area contributed by atoms with Gasteiger partial charge in [-0.15, -0.1) is 0 Å². The number of hydrogen-bond acceptors (Lipinski definition) is 4. The maximum Gasteiger partial charge on any atom is 0.426 e. The summed E-state index contributed by atoms with van der Waals surface area (Å²) in [5.74, 6) is -0.382. The van der Waals surface area contributed by atoms with Crippen molar-refractivity contribution in [3.8, 4) is 11.1 Å². The van der Waals surface area contributed by atoms with E-state index in [1.807, 2.05) is 45.9 Å². The molecule has 1 amide bonds. The highest BCUT2D eigenvalue weighted by molar-refractivity contribution is 6.01. The zero-order chi connectivity index (χ0) is 19.8. The summed E-state index contributed by atoms with van der Waals surface area (Å²) < 4.78 is 12.4. The lowest BCUT2D eigenvalue weighted by Crippen LogP contribution is -2.33. The number of ether oxygens (including phenoxy) is 2. The van der Waals surface area contributed by atoms with Gasteiger partial charge in [-0.3, -0.25) is 4.68 Å². The number of fused-ring (bicyclic) bond motifs is 3. The first-order valence-corrected chi connectivity index (χ1v) is 9.22. The molecule has 1 aliphatic carbocycles. The molecule has 0 fully saturated rings. The number of nitrogens with zero attached hydrogens (tertiary/aromatic N) is 1. The van der Waals surface area contributed by atoms with E-state index in [-0.39, 0.29) is 5.97 Å². The molecule has 1 heterocycles. The van der Waals surface area contributed by atoms with Crippen molar-refractivity contribution >= 4 is 12.1 Å². The Labute approximate surface area is 159 Å². The summed E-state index contributed by atoms with van der Waals surface area (Å²) in [7, 11) is 0. The number of aromatic nitrogens is 1. The van der Waals surface area contributed by atoms with E-state index in [9.17, 15) is 9.59 Å². The summed E-state index contributed by atoms with van der Waals surface area (Å²) in [6.07, 6.45) is 0.991. The van der Waals surface area contributed by atoms with Crippen molar-refractivity contribution in [2.24, 2.45) is 0 Å². The first kappa shape index (κ1) is 19.0. The first-order chi connectivity index (χ1) is 12.7. The van der Waals surface area contributed by atoms with E-state index >= 15 is 0 Å². The van der Waals surface area contributed by atoms with E-state index in [1.54, 1.807) is 11.6 Å². The summed E-state index contributed by atoms with van der Waals surface area (Å²) in [6.45, 7) is 9.31. The number of amides is 1. The van der Waals surface area contributed by atoms with E-state index in [2.05, 4.69) is 11.5 Å².